The van der Waals surface area contributed by atoms with E-state index in [-0.39, 0.29) is 12.5 Å². The Balaban J connectivity index is 1.95. The maximum Gasteiger partial charge on any atom is 0.341 e. The monoisotopic (exact) mass is 369 g/mol. The van der Waals surface area contributed by atoms with Crippen LogP contribution in [0.25, 0.3) is 0 Å². The Morgan fingerprint density at radius 3 is 2.44 bits per heavy atom. The summed E-state index contributed by atoms with van der Waals surface area (Å²) in [6, 6.07) is 0. The summed E-state index contributed by atoms with van der Waals surface area (Å²) >= 11 is 1.41. The van der Waals surface area contributed by atoms with E-state index in [1.807, 2.05) is 13.8 Å². The molecule has 0 radical (unpaired) electrons. The van der Waals surface area contributed by atoms with E-state index < -0.39 is 5.97 Å². The number of aliphatic hydroxyl groups excluding tert-OH is 1. The smallest absolute Gasteiger partial charge is 0.341 e. The second-order valence-electron chi connectivity index (χ2n) is 6.10. The summed E-state index contributed by atoms with van der Waals surface area (Å²) in [7, 11) is 0. The van der Waals surface area contributed by atoms with E-state index in [4.69, 9.17) is 9.84 Å². The minimum Gasteiger partial charge on any atom is -0.462 e. The van der Waals surface area contributed by atoms with Crippen LogP contribution < -0.4 is 5.32 Å². The van der Waals surface area contributed by atoms with Crippen molar-refractivity contribution >= 4 is 28.2 Å². The minimum absolute atomic E-state index is 0.123. The third-order valence-corrected chi connectivity index (χ3v) is 5.49. The number of nitrogens with zero attached hydrogens (tertiary/aromatic N) is 2. The Morgan fingerprint density at radius 1 is 1.20 bits per heavy atom. The van der Waals surface area contributed by atoms with Crippen molar-refractivity contribution in [3.63, 3.8) is 0 Å². The highest BCUT2D eigenvalue weighted by molar-refractivity contribution is 7.16. The van der Waals surface area contributed by atoms with Gasteiger partial charge in [-0.1, -0.05) is 0 Å². The van der Waals surface area contributed by atoms with Crippen molar-refractivity contribution < 1.29 is 19.4 Å². The summed E-state index contributed by atoms with van der Waals surface area (Å²) in [4.78, 5) is 29.8. The van der Waals surface area contributed by atoms with Gasteiger partial charge >= 0.3 is 5.97 Å². The van der Waals surface area contributed by atoms with Gasteiger partial charge < -0.3 is 15.2 Å². The van der Waals surface area contributed by atoms with Gasteiger partial charge in [0.15, 0.2) is 0 Å². The average Bonchev–Trinajstić information content (AvgIpc) is 2.84. The zero-order valence-corrected chi connectivity index (χ0v) is 15.9. The van der Waals surface area contributed by atoms with E-state index in [1.165, 1.54) is 11.3 Å². The molecule has 0 saturated carbocycles. The molecule has 1 amide bonds. The van der Waals surface area contributed by atoms with Crippen LogP contribution in [-0.2, 0) is 9.53 Å². The summed E-state index contributed by atoms with van der Waals surface area (Å²) in [5.41, 5.74) is 1.32. The number of piperazine rings is 1. The normalized spacial score (nSPS) is 16.0. The van der Waals surface area contributed by atoms with Gasteiger partial charge in [-0.3, -0.25) is 14.6 Å². The molecule has 25 heavy (non-hydrogen) atoms. The number of thiophene rings is 1. The van der Waals surface area contributed by atoms with Crippen molar-refractivity contribution in [3.05, 3.63) is 16.0 Å². The van der Waals surface area contributed by atoms with Crippen molar-refractivity contribution in [1.29, 1.82) is 0 Å². The van der Waals surface area contributed by atoms with Crippen LogP contribution in [0.15, 0.2) is 0 Å². The summed E-state index contributed by atoms with van der Waals surface area (Å²) < 4.78 is 5.11. The van der Waals surface area contributed by atoms with Gasteiger partial charge in [0, 0.05) is 37.6 Å². The van der Waals surface area contributed by atoms with Gasteiger partial charge in [-0.15, -0.1) is 11.3 Å². The van der Waals surface area contributed by atoms with Crippen LogP contribution in [0.2, 0.25) is 0 Å². The van der Waals surface area contributed by atoms with Crippen LogP contribution in [0.1, 0.15) is 27.7 Å². The first-order valence-electron chi connectivity index (χ1n) is 8.58. The number of β-amino-alcohol motifs (C(OH)–C–C–N with tert-alkyl or cyclic N) is 1. The van der Waals surface area contributed by atoms with Crippen molar-refractivity contribution in [2.45, 2.75) is 20.8 Å². The highest BCUT2D eigenvalue weighted by Gasteiger charge is 2.23. The van der Waals surface area contributed by atoms with E-state index in [9.17, 15) is 9.59 Å². The fraction of sp³-hybridized carbons (Fsp3) is 0.647. The molecule has 0 bridgehead atoms. The molecule has 140 valence electrons. The Hall–Kier alpha value is -1.48. The second kappa shape index (κ2) is 9.28. The molecule has 7 nitrogen and oxygen atoms in total. The molecule has 1 aliphatic heterocycles. The molecule has 1 aliphatic rings. The number of rotatable bonds is 7. The second-order valence-corrected chi connectivity index (χ2v) is 7.32. The van der Waals surface area contributed by atoms with Gasteiger partial charge in [0.2, 0.25) is 5.91 Å². The Bertz CT molecular complexity index is 609. The van der Waals surface area contributed by atoms with E-state index in [2.05, 4.69) is 15.1 Å². The zero-order chi connectivity index (χ0) is 18.4. The molecule has 1 fully saturated rings. The third-order valence-electron chi connectivity index (χ3n) is 4.37. The first-order chi connectivity index (χ1) is 12.0. The van der Waals surface area contributed by atoms with E-state index in [1.54, 1.807) is 6.92 Å². The maximum absolute atomic E-state index is 12.4. The lowest BCUT2D eigenvalue weighted by molar-refractivity contribution is -0.117. The number of nitrogens with one attached hydrogen (secondary N) is 1. The molecule has 0 spiro atoms. The highest BCUT2D eigenvalue weighted by Crippen LogP contribution is 2.33. The van der Waals surface area contributed by atoms with Gasteiger partial charge in [0.05, 0.1) is 25.3 Å². The van der Waals surface area contributed by atoms with E-state index >= 15 is 0 Å². The standard InChI is InChI=1S/C17H27N3O4S/c1-4-24-17(23)15-12(2)13(3)25-16(15)18-14(22)11-20-7-5-19(6-8-20)9-10-21/h21H,4-11H2,1-3H3,(H,18,22). The number of carbonyl (C=O) groups is 2. The number of hydrogen-bond acceptors (Lipinski definition) is 7. The molecule has 1 aromatic rings. The zero-order valence-electron chi connectivity index (χ0n) is 15.1. The lowest BCUT2D eigenvalue weighted by Gasteiger charge is -2.33. The molecule has 0 unspecified atom stereocenters. The van der Waals surface area contributed by atoms with Gasteiger partial charge in [0.25, 0.3) is 0 Å². The van der Waals surface area contributed by atoms with Crippen molar-refractivity contribution in [2.24, 2.45) is 0 Å². The molecule has 1 aromatic heterocycles. The molecular weight excluding hydrogens is 342 g/mol. The highest BCUT2D eigenvalue weighted by atomic mass is 32.1. The van der Waals surface area contributed by atoms with Gasteiger partial charge in [-0.2, -0.15) is 0 Å². The molecular formula is C17H27N3O4S. The molecule has 2 heterocycles. The van der Waals surface area contributed by atoms with Crippen LogP contribution in [-0.4, -0.2) is 79.3 Å². The van der Waals surface area contributed by atoms with Gasteiger partial charge in [-0.25, -0.2) is 4.79 Å². The summed E-state index contributed by atoms with van der Waals surface area (Å²) in [5, 5.41) is 12.4. The number of aliphatic hydroxyl groups is 1. The predicted molar refractivity (Wildman–Crippen MR) is 98.3 cm³/mol. The lowest BCUT2D eigenvalue weighted by atomic mass is 10.1. The lowest BCUT2D eigenvalue weighted by Crippen LogP contribution is -2.49. The van der Waals surface area contributed by atoms with Crippen LogP contribution >= 0.6 is 11.3 Å². The Morgan fingerprint density at radius 2 is 1.84 bits per heavy atom. The average molecular weight is 369 g/mol. The molecule has 1 saturated heterocycles. The first-order valence-corrected chi connectivity index (χ1v) is 9.40. The largest absolute Gasteiger partial charge is 0.462 e. The fourth-order valence-electron chi connectivity index (χ4n) is 2.85. The fourth-order valence-corrected chi connectivity index (χ4v) is 3.91. The molecule has 0 atom stereocenters. The Labute approximate surface area is 152 Å². The van der Waals surface area contributed by atoms with Crippen molar-refractivity contribution in [1.82, 2.24) is 9.80 Å². The van der Waals surface area contributed by atoms with Crippen LogP contribution in [0.4, 0.5) is 5.00 Å². The van der Waals surface area contributed by atoms with Crippen LogP contribution in [0, 0.1) is 13.8 Å². The summed E-state index contributed by atoms with van der Waals surface area (Å²) in [6.07, 6.45) is 0. The molecule has 0 aliphatic carbocycles. The number of esters is 1. The number of ether oxygens (including phenoxy) is 1. The topological polar surface area (TPSA) is 82.1 Å². The van der Waals surface area contributed by atoms with Gasteiger partial charge in [-0.05, 0) is 26.3 Å². The SMILES string of the molecule is CCOC(=O)c1c(NC(=O)CN2CCN(CCO)CC2)sc(C)c1C. The quantitative estimate of drug-likeness (QED) is 0.700. The predicted octanol–water partition coefficient (Wildman–Crippen LogP) is 1.09. The van der Waals surface area contributed by atoms with E-state index in [0.29, 0.717) is 30.3 Å². The number of amides is 1. The molecule has 8 heteroatoms. The first kappa shape index (κ1) is 19.8. The molecule has 0 aromatic carbocycles. The minimum atomic E-state index is -0.391. The molecule has 2 N–H and O–H groups in total. The number of hydrogen-bond donors (Lipinski definition) is 2. The molecule has 2 rings (SSSR count). The summed E-state index contributed by atoms with van der Waals surface area (Å²) in [5.74, 6) is -0.514. The van der Waals surface area contributed by atoms with Crippen LogP contribution in [0.5, 0.6) is 0 Å². The number of aryl methyl sites for hydroxylation is 1. The van der Waals surface area contributed by atoms with Gasteiger partial charge in [0.1, 0.15) is 5.00 Å². The number of anilines is 1. The number of carbonyl (C=O) groups excluding carboxylic acids is 2. The van der Waals surface area contributed by atoms with Crippen molar-refractivity contribution in [3.8, 4) is 0 Å². The van der Waals surface area contributed by atoms with E-state index in [0.717, 1.165) is 36.6 Å². The maximum atomic E-state index is 12.4. The third kappa shape index (κ3) is 5.24. The van der Waals surface area contributed by atoms with Crippen LogP contribution in [0.3, 0.4) is 0 Å². The Kier molecular flexibility index (Phi) is 7.37. The van der Waals surface area contributed by atoms with Crippen molar-refractivity contribution in [2.75, 3.05) is 57.8 Å². The summed E-state index contributed by atoms with van der Waals surface area (Å²) in [6.45, 7) is 10.3.